The fourth-order valence-corrected chi connectivity index (χ4v) is 3.47. The topological polar surface area (TPSA) is 99.0 Å². The number of ether oxygens (including phenoxy) is 1. The summed E-state index contributed by atoms with van der Waals surface area (Å²) in [6.07, 6.45) is 3.79. The van der Waals surface area contributed by atoms with Crippen LogP contribution in [0.4, 0.5) is 0 Å². The van der Waals surface area contributed by atoms with E-state index in [9.17, 15) is 19.6 Å². The van der Waals surface area contributed by atoms with Crippen LogP contribution in [0.25, 0.3) is 0 Å². The molecule has 2 heterocycles. The highest BCUT2D eigenvalue weighted by atomic mass is 16.5. The van der Waals surface area contributed by atoms with Gasteiger partial charge in [-0.25, -0.2) is 4.79 Å². The largest absolute Gasteiger partial charge is 0.385 e. The van der Waals surface area contributed by atoms with Crippen molar-refractivity contribution in [3.05, 3.63) is 55.6 Å². The summed E-state index contributed by atoms with van der Waals surface area (Å²) < 4.78 is 9.40. The summed E-state index contributed by atoms with van der Waals surface area (Å²) in [5.41, 5.74) is 0.849. The van der Waals surface area contributed by atoms with Gasteiger partial charge in [-0.05, 0) is 39.2 Å². The van der Waals surface area contributed by atoms with Crippen LogP contribution in [0.3, 0.4) is 0 Å². The van der Waals surface area contributed by atoms with Gasteiger partial charge in [-0.15, -0.1) is 0 Å². The fraction of sp³-hybridized carbons (Fsp3) is 0.500. The van der Waals surface area contributed by atoms with Crippen molar-refractivity contribution in [3.63, 3.8) is 0 Å². The molecule has 0 aliphatic heterocycles. The minimum Gasteiger partial charge on any atom is -0.385 e. The van der Waals surface area contributed by atoms with Crippen molar-refractivity contribution in [1.82, 2.24) is 13.7 Å². The maximum absolute atomic E-state index is 12.9. The standard InChI is InChI=1S/C20H24N4O4/c1-13-9-17(14(2)22(13)7-4-8-28-3)18(25)12-24-19(26)15(10-21)11-23(20(24)27)16-5-6-16/h9,11,16H,4-8,12H2,1-3H3. The minimum atomic E-state index is -0.716. The SMILES string of the molecule is COCCCn1c(C)cc(C(=O)Cn2c(=O)c(C#N)cn(C3CC3)c2=O)c1C. The molecule has 2 aromatic heterocycles. The lowest BCUT2D eigenvalue weighted by Gasteiger charge is -2.11. The van der Waals surface area contributed by atoms with Crippen LogP contribution in [-0.2, 0) is 17.8 Å². The van der Waals surface area contributed by atoms with Crippen molar-refractivity contribution in [2.75, 3.05) is 13.7 Å². The van der Waals surface area contributed by atoms with Crippen molar-refractivity contribution in [2.45, 2.75) is 52.2 Å². The third-order valence-corrected chi connectivity index (χ3v) is 5.16. The van der Waals surface area contributed by atoms with E-state index in [1.54, 1.807) is 13.2 Å². The molecule has 8 heteroatoms. The molecular weight excluding hydrogens is 360 g/mol. The Morgan fingerprint density at radius 3 is 2.61 bits per heavy atom. The van der Waals surface area contributed by atoms with Gasteiger partial charge in [0.25, 0.3) is 5.56 Å². The number of nitrogens with zero attached hydrogens (tertiary/aromatic N) is 4. The number of aryl methyl sites for hydroxylation is 1. The highest BCUT2D eigenvalue weighted by Crippen LogP contribution is 2.33. The molecule has 0 radical (unpaired) electrons. The van der Waals surface area contributed by atoms with Crippen molar-refractivity contribution in [2.24, 2.45) is 0 Å². The van der Waals surface area contributed by atoms with Crippen LogP contribution in [0.2, 0.25) is 0 Å². The van der Waals surface area contributed by atoms with Gasteiger partial charge in [-0.1, -0.05) is 0 Å². The lowest BCUT2D eigenvalue weighted by atomic mass is 10.1. The summed E-state index contributed by atoms with van der Waals surface area (Å²) in [5, 5.41) is 9.22. The maximum Gasteiger partial charge on any atom is 0.331 e. The number of Topliss-reactive ketones (excluding diaryl/α,β-unsaturated/α-hetero) is 1. The average molecular weight is 384 g/mol. The molecule has 0 spiro atoms. The van der Waals surface area contributed by atoms with E-state index in [0.717, 1.165) is 41.8 Å². The first-order chi connectivity index (χ1) is 13.4. The zero-order valence-corrected chi connectivity index (χ0v) is 16.4. The van der Waals surface area contributed by atoms with E-state index in [1.807, 2.05) is 24.5 Å². The van der Waals surface area contributed by atoms with Crippen molar-refractivity contribution in [1.29, 1.82) is 5.26 Å². The summed E-state index contributed by atoms with van der Waals surface area (Å²) in [4.78, 5) is 38.1. The summed E-state index contributed by atoms with van der Waals surface area (Å²) in [6, 6.07) is 3.62. The van der Waals surface area contributed by atoms with Crippen LogP contribution in [0.5, 0.6) is 0 Å². The zero-order chi connectivity index (χ0) is 20.4. The molecule has 148 valence electrons. The first-order valence-corrected chi connectivity index (χ1v) is 9.34. The number of hydrogen-bond acceptors (Lipinski definition) is 5. The van der Waals surface area contributed by atoms with Gasteiger partial charge in [0.1, 0.15) is 11.6 Å². The molecule has 0 atom stereocenters. The number of nitriles is 1. The van der Waals surface area contributed by atoms with E-state index in [1.165, 1.54) is 10.8 Å². The molecule has 1 saturated carbocycles. The maximum atomic E-state index is 12.9. The highest BCUT2D eigenvalue weighted by Gasteiger charge is 2.27. The molecule has 0 amide bonds. The molecule has 1 fully saturated rings. The summed E-state index contributed by atoms with van der Waals surface area (Å²) >= 11 is 0. The third-order valence-electron chi connectivity index (χ3n) is 5.16. The first kappa shape index (κ1) is 19.8. The smallest absolute Gasteiger partial charge is 0.331 e. The van der Waals surface area contributed by atoms with Crippen LogP contribution >= 0.6 is 0 Å². The van der Waals surface area contributed by atoms with E-state index < -0.39 is 11.2 Å². The van der Waals surface area contributed by atoms with Crippen LogP contribution < -0.4 is 11.2 Å². The van der Waals surface area contributed by atoms with Crippen molar-refractivity contribution >= 4 is 5.78 Å². The van der Waals surface area contributed by atoms with Gasteiger partial charge in [-0.2, -0.15) is 5.26 Å². The molecule has 0 bridgehead atoms. The van der Waals surface area contributed by atoms with Crippen molar-refractivity contribution < 1.29 is 9.53 Å². The molecule has 8 nitrogen and oxygen atoms in total. The summed E-state index contributed by atoms with van der Waals surface area (Å²) in [6.45, 7) is 4.74. The molecule has 2 aromatic rings. The minimum absolute atomic E-state index is 0.00685. The number of methoxy groups -OCH3 is 1. The number of carbonyl (C=O) groups excluding carboxylic acids is 1. The molecule has 0 unspecified atom stereocenters. The van der Waals surface area contributed by atoms with E-state index >= 15 is 0 Å². The van der Waals surface area contributed by atoms with Gasteiger partial charge in [0.05, 0.1) is 6.54 Å². The summed E-state index contributed by atoms with van der Waals surface area (Å²) in [5.74, 6) is -0.317. The second kappa shape index (κ2) is 7.98. The molecule has 1 aliphatic rings. The Labute approximate surface area is 162 Å². The molecule has 1 aliphatic carbocycles. The molecule has 0 saturated heterocycles. The Balaban J connectivity index is 1.93. The monoisotopic (exact) mass is 384 g/mol. The Bertz CT molecular complexity index is 1060. The Morgan fingerprint density at radius 2 is 2.00 bits per heavy atom. The van der Waals surface area contributed by atoms with E-state index in [0.29, 0.717) is 12.2 Å². The Morgan fingerprint density at radius 1 is 1.29 bits per heavy atom. The van der Waals surface area contributed by atoms with Crippen LogP contribution in [-0.4, -0.2) is 33.2 Å². The predicted octanol–water partition coefficient (Wildman–Crippen LogP) is 1.55. The second-order valence-electron chi connectivity index (χ2n) is 7.17. The van der Waals surface area contributed by atoms with Gasteiger partial charge < -0.3 is 9.30 Å². The number of rotatable bonds is 8. The lowest BCUT2D eigenvalue weighted by Crippen LogP contribution is -2.42. The van der Waals surface area contributed by atoms with E-state index in [2.05, 4.69) is 0 Å². The van der Waals surface area contributed by atoms with E-state index in [4.69, 9.17) is 4.74 Å². The third kappa shape index (κ3) is 3.71. The van der Waals surface area contributed by atoms with Crippen molar-refractivity contribution in [3.8, 4) is 6.07 Å². The van der Waals surface area contributed by atoms with Crippen LogP contribution in [0, 0.1) is 25.2 Å². The highest BCUT2D eigenvalue weighted by molar-refractivity contribution is 5.97. The van der Waals surface area contributed by atoms with Crippen LogP contribution in [0.1, 0.15) is 52.6 Å². The predicted molar refractivity (Wildman–Crippen MR) is 103 cm³/mol. The van der Waals surface area contributed by atoms with Gasteiger partial charge in [0.15, 0.2) is 5.78 Å². The van der Waals surface area contributed by atoms with Gasteiger partial charge in [-0.3, -0.25) is 18.7 Å². The fourth-order valence-electron chi connectivity index (χ4n) is 3.47. The lowest BCUT2D eigenvalue weighted by molar-refractivity contribution is 0.0967. The normalized spacial score (nSPS) is 13.5. The molecule has 0 aromatic carbocycles. The van der Waals surface area contributed by atoms with Crippen LogP contribution in [0.15, 0.2) is 21.9 Å². The Kier molecular flexibility index (Phi) is 5.66. The second-order valence-corrected chi connectivity index (χ2v) is 7.17. The zero-order valence-electron chi connectivity index (χ0n) is 16.4. The van der Waals surface area contributed by atoms with E-state index in [-0.39, 0.29) is 23.9 Å². The van der Waals surface area contributed by atoms with Gasteiger partial charge >= 0.3 is 5.69 Å². The molecule has 3 rings (SSSR count). The number of aromatic nitrogens is 3. The molecule has 28 heavy (non-hydrogen) atoms. The van der Waals surface area contributed by atoms with Gasteiger partial charge in [0, 0.05) is 49.5 Å². The molecule has 0 N–H and O–H groups in total. The number of hydrogen-bond donors (Lipinski definition) is 0. The number of ketones is 1. The van der Waals surface area contributed by atoms with Gasteiger partial charge in [0.2, 0.25) is 0 Å². The quantitative estimate of drug-likeness (QED) is 0.508. The first-order valence-electron chi connectivity index (χ1n) is 9.34. The Hall–Kier alpha value is -2.92. The summed E-state index contributed by atoms with van der Waals surface area (Å²) in [7, 11) is 1.64. The average Bonchev–Trinajstić information content (AvgIpc) is 3.47. The number of carbonyl (C=O) groups is 1. The molecular formula is C20H24N4O4.